The van der Waals surface area contributed by atoms with Gasteiger partial charge >= 0.3 is 0 Å². The molecule has 0 aliphatic heterocycles. The second-order valence-electron chi connectivity index (χ2n) is 7.00. The Morgan fingerprint density at radius 2 is 1.82 bits per heavy atom. The third-order valence-electron chi connectivity index (χ3n) is 5.24. The van der Waals surface area contributed by atoms with E-state index in [1.165, 1.54) is 27.1 Å². The van der Waals surface area contributed by atoms with Gasteiger partial charge in [0, 0.05) is 23.3 Å². The van der Waals surface area contributed by atoms with Crippen molar-refractivity contribution in [3.8, 4) is 0 Å². The smallest absolute Gasteiger partial charge is 0.291 e. The molecule has 4 aromatic rings. The zero-order chi connectivity index (χ0) is 19.1. The number of aryl methyl sites for hydroxylation is 2. The molecule has 0 saturated carbocycles. The first kappa shape index (κ1) is 16.6. The summed E-state index contributed by atoms with van der Waals surface area (Å²) in [5.41, 5.74) is 3.33. The largest absolute Gasteiger partial charge is 0.454 e. The molecule has 5 nitrogen and oxygen atoms in total. The number of nitrogens with zero attached hydrogens (tertiary/aromatic N) is 1. The highest BCUT2D eigenvalue weighted by Gasteiger charge is 2.18. The highest BCUT2D eigenvalue weighted by molar-refractivity contribution is 6.09. The normalized spacial score (nSPS) is 12.4. The van der Waals surface area contributed by atoms with Crippen LogP contribution in [0.5, 0.6) is 0 Å². The van der Waals surface area contributed by atoms with E-state index in [1.807, 2.05) is 18.2 Å². The lowest BCUT2D eigenvalue weighted by molar-refractivity contribution is 0.0995. The molecule has 2 aromatic heterocycles. The van der Waals surface area contributed by atoms with Crippen LogP contribution in [0.3, 0.4) is 0 Å². The van der Waals surface area contributed by atoms with Gasteiger partial charge in [-0.15, -0.1) is 0 Å². The number of benzene rings is 2. The summed E-state index contributed by atoms with van der Waals surface area (Å²) in [6.07, 6.45) is 3.78. The van der Waals surface area contributed by atoms with E-state index in [9.17, 15) is 9.59 Å². The predicted octanol–water partition coefficient (Wildman–Crippen LogP) is 3.99. The van der Waals surface area contributed by atoms with Crippen LogP contribution in [0.2, 0.25) is 0 Å². The van der Waals surface area contributed by atoms with Crippen LogP contribution < -0.4 is 10.9 Å². The van der Waals surface area contributed by atoms with E-state index >= 15 is 0 Å². The Bertz CT molecular complexity index is 1260. The molecule has 0 spiro atoms. The molecule has 0 bridgehead atoms. The lowest BCUT2D eigenvalue weighted by Crippen LogP contribution is -2.18. The average Bonchev–Trinajstić information content (AvgIpc) is 3.34. The van der Waals surface area contributed by atoms with Gasteiger partial charge < -0.3 is 14.3 Å². The maximum atomic E-state index is 12.7. The van der Waals surface area contributed by atoms with Gasteiger partial charge in [0.2, 0.25) is 0 Å². The van der Waals surface area contributed by atoms with Crippen molar-refractivity contribution in [2.45, 2.75) is 19.4 Å². The van der Waals surface area contributed by atoms with Gasteiger partial charge in [0.05, 0.1) is 6.54 Å². The van der Waals surface area contributed by atoms with Gasteiger partial charge in [-0.3, -0.25) is 9.59 Å². The van der Waals surface area contributed by atoms with Gasteiger partial charge in [-0.2, -0.15) is 0 Å². The molecule has 0 radical (unpaired) electrons. The Kier molecular flexibility index (Phi) is 3.86. The van der Waals surface area contributed by atoms with Crippen molar-refractivity contribution >= 4 is 22.4 Å². The SMILES string of the molecule is O=C(Nc1ccc2c3c(cccc13)CC2)c1ccc(Cn2ccccc2=O)o1. The molecule has 0 saturated heterocycles. The molecule has 5 heteroatoms. The van der Waals surface area contributed by atoms with Crippen LogP contribution in [-0.4, -0.2) is 10.5 Å². The fraction of sp³-hybridized carbons (Fsp3) is 0.130. The first-order valence-corrected chi connectivity index (χ1v) is 9.28. The zero-order valence-corrected chi connectivity index (χ0v) is 15.1. The monoisotopic (exact) mass is 370 g/mol. The standard InChI is InChI=1S/C23H18N2O3/c26-21-6-1-2-13-25(21)14-17-10-12-20(28-17)23(27)24-19-11-9-16-8-7-15-4-3-5-18(19)22(15)16/h1-6,9-13H,7-8,14H2,(H,24,27). The van der Waals surface area contributed by atoms with E-state index in [0.29, 0.717) is 5.76 Å². The second-order valence-corrected chi connectivity index (χ2v) is 7.00. The second kappa shape index (κ2) is 6.53. The number of aromatic nitrogens is 1. The van der Waals surface area contributed by atoms with Crippen LogP contribution >= 0.6 is 0 Å². The van der Waals surface area contributed by atoms with E-state index in [1.54, 1.807) is 30.5 Å². The number of pyridine rings is 1. The molecule has 28 heavy (non-hydrogen) atoms. The van der Waals surface area contributed by atoms with Gasteiger partial charge in [0.15, 0.2) is 5.76 Å². The summed E-state index contributed by atoms with van der Waals surface area (Å²) >= 11 is 0. The fourth-order valence-electron chi connectivity index (χ4n) is 3.88. The molecule has 1 aliphatic carbocycles. The van der Waals surface area contributed by atoms with Crippen molar-refractivity contribution in [2.75, 3.05) is 5.32 Å². The van der Waals surface area contributed by atoms with Crippen molar-refractivity contribution in [3.63, 3.8) is 0 Å². The molecule has 2 heterocycles. The summed E-state index contributed by atoms with van der Waals surface area (Å²) in [5.74, 6) is 0.478. The number of carbonyl (C=O) groups is 1. The van der Waals surface area contributed by atoms with Gasteiger partial charge in [-0.25, -0.2) is 0 Å². The Labute approximate surface area is 161 Å². The van der Waals surface area contributed by atoms with Gasteiger partial charge in [0.1, 0.15) is 5.76 Å². The fourth-order valence-corrected chi connectivity index (χ4v) is 3.88. The lowest BCUT2D eigenvalue weighted by Gasteiger charge is -2.09. The van der Waals surface area contributed by atoms with E-state index in [0.717, 1.165) is 23.9 Å². The number of hydrogen-bond donors (Lipinski definition) is 1. The Hall–Kier alpha value is -3.60. The summed E-state index contributed by atoms with van der Waals surface area (Å²) in [7, 11) is 0. The minimum Gasteiger partial charge on any atom is -0.454 e. The molecular formula is C23H18N2O3. The highest BCUT2D eigenvalue weighted by Crippen LogP contribution is 2.35. The summed E-state index contributed by atoms with van der Waals surface area (Å²) < 4.78 is 7.21. The first-order chi connectivity index (χ1) is 13.7. The van der Waals surface area contributed by atoms with Crippen molar-refractivity contribution in [2.24, 2.45) is 0 Å². The number of carbonyl (C=O) groups excluding carboxylic acids is 1. The van der Waals surface area contributed by atoms with Gasteiger partial charge in [-0.1, -0.05) is 30.3 Å². The van der Waals surface area contributed by atoms with Crippen molar-refractivity contribution in [1.29, 1.82) is 0 Å². The van der Waals surface area contributed by atoms with Crippen molar-refractivity contribution < 1.29 is 9.21 Å². The van der Waals surface area contributed by atoms with Gasteiger partial charge in [0.25, 0.3) is 11.5 Å². The van der Waals surface area contributed by atoms with Crippen LogP contribution in [0.15, 0.2) is 76.1 Å². The predicted molar refractivity (Wildman–Crippen MR) is 108 cm³/mol. The van der Waals surface area contributed by atoms with Crippen LogP contribution in [0.1, 0.15) is 27.4 Å². The molecule has 0 atom stereocenters. The molecule has 5 rings (SSSR count). The Morgan fingerprint density at radius 1 is 0.964 bits per heavy atom. The number of nitrogens with one attached hydrogen (secondary N) is 1. The molecule has 1 aliphatic rings. The third-order valence-corrected chi connectivity index (χ3v) is 5.24. The van der Waals surface area contributed by atoms with Crippen molar-refractivity contribution in [1.82, 2.24) is 4.57 Å². The molecule has 2 aromatic carbocycles. The minimum absolute atomic E-state index is 0.113. The topological polar surface area (TPSA) is 64.2 Å². The summed E-state index contributed by atoms with van der Waals surface area (Å²) in [6, 6.07) is 18.6. The lowest BCUT2D eigenvalue weighted by atomic mass is 10.0. The Morgan fingerprint density at radius 3 is 2.68 bits per heavy atom. The number of furan rings is 1. The maximum absolute atomic E-state index is 12.7. The van der Waals surface area contributed by atoms with Crippen LogP contribution in [0.25, 0.3) is 10.8 Å². The molecular weight excluding hydrogens is 352 g/mol. The molecule has 0 unspecified atom stereocenters. The molecule has 138 valence electrons. The van der Waals surface area contributed by atoms with E-state index < -0.39 is 0 Å². The van der Waals surface area contributed by atoms with E-state index in [2.05, 4.69) is 17.4 Å². The van der Waals surface area contributed by atoms with Crippen molar-refractivity contribution in [3.05, 3.63) is 99.9 Å². The third kappa shape index (κ3) is 2.81. The number of anilines is 1. The van der Waals surface area contributed by atoms with Crippen LogP contribution in [0, 0.1) is 0 Å². The van der Waals surface area contributed by atoms with Gasteiger partial charge in [-0.05, 0) is 53.6 Å². The average molecular weight is 370 g/mol. The van der Waals surface area contributed by atoms with Crippen LogP contribution in [-0.2, 0) is 19.4 Å². The Balaban J connectivity index is 1.40. The van der Waals surface area contributed by atoms with E-state index in [-0.39, 0.29) is 23.8 Å². The van der Waals surface area contributed by atoms with E-state index in [4.69, 9.17) is 4.42 Å². The maximum Gasteiger partial charge on any atom is 0.291 e. The highest BCUT2D eigenvalue weighted by atomic mass is 16.4. The summed E-state index contributed by atoms with van der Waals surface area (Å²) in [5, 5.41) is 5.28. The molecule has 0 fully saturated rings. The summed E-state index contributed by atoms with van der Waals surface area (Å²) in [6.45, 7) is 0.286. The summed E-state index contributed by atoms with van der Waals surface area (Å²) in [4.78, 5) is 24.5. The minimum atomic E-state index is -0.301. The molecule has 1 N–H and O–H groups in total. The molecule has 1 amide bonds. The number of hydrogen-bond acceptors (Lipinski definition) is 3. The zero-order valence-electron chi connectivity index (χ0n) is 15.1. The number of amides is 1. The number of rotatable bonds is 4. The van der Waals surface area contributed by atoms with Crippen LogP contribution in [0.4, 0.5) is 5.69 Å². The first-order valence-electron chi connectivity index (χ1n) is 9.28. The quantitative estimate of drug-likeness (QED) is 0.591.